The van der Waals surface area contributed by atoms with Gasteiger partial charge in [-0.05, 0) is 43.9 Å². The average molecular weight is 297 g/mol. The van der Waals surface area contributed by atoms with Gasteiger partial charge in [-0.25, -0.2) is 4.98 Å². The Labute approximate surface area is 124 Å². The van der Waals surface area contributed by atoms with Crippen LogP contribution >= 0.6 is 22.9 Å². The molecular formula is C15H21ClN2S. The highest BCUT2D eigenvalue weighted by atomic mass is 35.5. The van der Waals surface area contributed by atoms with Gasteiger partial charge in [0.2, 0.25) is 0 Å². The highest BCUT2D eigenvalue weighted by Gasteiger charge is 2.26. The molecule has 0 aliphatic carbocycles. The first-order valence-electron chi connectivity index (χ1n) is 6.49. The SMILES string of the molecule is CC(C)(C)CC(C)(C)Nc1nc2ccc(Cl)cc2s1. The number of nitrogens with one attached hydrogen (secondary N) is 1. The summed E-state index contributed by atoms with van der Waals surface area (Å²) in [6.07, 6.45) is 1.08. The lowest BCUT2D eigenvalue weighted by Gasteiger charge is -2.33. The third-order valence-corrected chi connectivity index (χ3v) is 3.94. The first-order chi connectivity index (χ1) is 8.65. The molecule has 0 fully saturated rings. The van der Waals surface area contributed by atoms with Crippen LogP contribution in [0.2, 0.25) is 5.02 Å². The van der Waals surface area contributed by atoms with Gasteiger partial charge in [-0.3, -0.25) is 0 Å². The minimum atomic E-state index is 0.0237. The predicted octanol–water partition coefficient (Wildman–Crippen LogP) is 5.58. The second kappa shape index (κ2) is 4.95. The van der Waals surface area contributed by atoms with Crippen molar-refractivity contribution in [2.75, 3.05) is 5.32 Å². The van der Waals surface area contributed by atoms with E-state index in [1.165, 1.54) is 0 Å². The Bertz CT molecular complexity index is 581. The summed E-state index contributed by atoms with van der Waals surface area (Å²) in [5.74, 6) is 0. The van der Waals surface area contributed by atoms with Gasteiger partial charge in [-0.15, -0.1) is 0 Å². The molecule has 2 rings (SSSR count). The molecule has 0 amide bonds. The average Bonchev–Trinajstić information content (AvgIpc) is 2.53. The zero-order valence-electron chi connectivity index (χ0n) is 12.2. The van der Waals surface area contributed by atoms with Crippen LogP contribution in [0.4, 0.5) is 5.13 Å². The fourth-order valence-corrected chi connectivity index (χ4v) is 3.93. The Morgan fingerprint density at radius 1 is 1.21 bits per heavy atom. The Hall–Kier alpha value is -0.800. The highest BCUT2D eigenvalue weighted by Crippen LogP contribution is 2.33. The number of anilines is 1. The van der Waals surface area contributed by atoms with Crippen LogP contribution in [0.15, 0.2) is 18.2 Å². The lowest BCUT2D eigenvalue weighted by molar-refractivity contribution is 0.302. The molecule has 0 unspecified atom stereocenters. The Morgan fingerprint density at radius 2 is 1.89 bits per heavy atom. The number of hydrogen-bond donors (Lipinski definition) is 1. The van der Waals surface area contributed by atoms with Gasteiger partial charge in [-0.1, -0.05) is 43.7 Å². The number of thiazole rings is 1. The van der Waals surface area contributed by atoms with Gasteiger partial charge >= 0.3 is 0 Å². The van der Waals surface area contributed by atoms with E-state index in [4.69, 9.17) is 11.6 Å². The molecule has 0 bridgehead atoms. The quantitative estimate of drug-likeness (QED) is 0.800. The normalized spacial score (nSPS) is 12.9. The van der Waals surface area contributed by atoms with Gasteiger partial charge < -0.3 is 5.32 Å². The fourth-order valence-electron chi connectivity index (χ4n) is 2.61. The van der Waals surface area contributed by atoms with Gasteiger partial charge in [0.15, 0.2) is 5.13 Å². The lowest BCUT2D eigenvalue weighted by atomic mass is 9.82. The van der Waals surface area contributed by atoms with Crippen LogP contribution in [0, 0.1) is 5.41 Å². The molecule has 1 aromatic carbocycles. The standard InChI is InChI=1S/C15H21ClN2S/c1-14(2,3)9-15(4,5)18-13-17-11-7-6-10(16)8-12(11)19-13/h6-8H,9H2,1-5H3,(H,17,18). The van der Waals surface area contributed by atoms with Crippen LogP contribution in [-0.4, -0.2) is 10.5 Å². The van der Waals surface area contributed by atoms with Gasteiger partial charge in [0, 0.05) is 10.6 Å². The van der Waals surface area contributed by atoms with Crippen LogP contribution in [0.25, 0.3) is 10.2 Å². The van der Waals surface area contributed by atoms with E-state index < -0.39 is 0 Å². The summed E-state index contributed by atoms with van der Waals surface area (Å²) in [6.45, 7) is 11.2. The van der Waals surface area contributed by atoms with E-state index in [0.29, 0.717) is 0 Å². The number of fused-ring (bicyclic) bond motifs is 1. The monoisotopic (exact) mass is 296 g/mol. The fraction of sp³-hybridized carbons (Fsp3) is 0.533. The summed E-state index contributed by atoms with van der Waals surface area (Å²) in [5.41, 5.74) is 1.32. The first kappa shape index (κ1) is 14.6. The number of rotatable bonds is 3. The number of aromatic nitrogens is 1. The van der Waals surface area contributed by atoms with Gasteiger partial charge in [0.1, 0.15) is 0 Å². The number of halogens is 1. The van der Waals surface area contributed by atoms with Crippen molar-refractivity contribution in [2.45, 2.75) is 46.6 Å². The second-order valence-electron chi connectivity index (χ2n) is 6.88. The van der Waals surface area contributed by atoms with E-state index in [2.05, 4.69) is 44.9 Å². The predicted molar refractivity (Wildman–Crippen MR) is 86.4 cm³/mol. The van der Waals surface area contributed by atoms with Crippen molar-refractivity contribution < 1.29 is 0 Å². The lowest BCUT2D eigenvalue weighted by Crippen LogP contribution is -2.35. The molecule has 2 aromatic rings. The molecule has 19 heavy (non-hydrogen) atoms. The minimum absolute atomic E-state index is 0.0237. The first-order valence-corrected chi connectivity index (χ1v) is 7.68. The molecule has 1 heterocycles. The molecule has 0 saturated carbocycles. The smallest absolute Gasteiger partial charge is 0.184 e. The Morgan fingerprint density at radius 3 is 2.53 bits per heavy atom. The van der Waals surface area contributed by atoms with Gasteiger partial charge in [0.25, 0.3) is 0 Å². The number of hydrogen-bond acceptors (Lipinski definition) is 3. The topological polar surface area (TPSA) is 24.9 Å². The van der Waals surface area contributed by atoms with Crippen LogP contribution in [0.5, 0.6) is 0 Å². The summed E-state index contributed by atoms with van der Waals surface area (Å²) in [5, 5.41) is 5.27. The van der Waals surface area contributed by atoms with Crippen molar-refractivity contribution in [3.05, 3.63) is 23.2 Å². The molecule has 104 valence electrons. The van der Waals surface area contributed by atoms with Gasteiger partial charge in [0.05, 0.1) is 10.2 Å². The van der Waals surface area contributed by atoms with E-state index in [0.717, 1.165) is 26.8 Å². The molecule has 2 nitrogen and oxygen atoms in total. The molecule has 0 spiro atoms. The van der Waals surface area contributed by atoms with Crippen molar-refractivity contribution in [3.8, 4) is 0 Å². The van der Waals surface area contributed by atoms with E-state index in [1.54, 1.807) is 11.3 Å². The molecule has 0 atom stereocenters. The second-order valence-corrected chi connectivity index (χ2v) is 8.34. The van der Waals surface area contributed by atoms with Crippen molar-refractivity contribution in [1.82, 2.24) is 4.98 Å². The van der Waals surface area contributed by atoms with Crippen LogP contribution < -0.4 is 5.32 Å². The summed E-state index contributed by atoms with van der Waals surface area (Å²) in [6, 6.07) is 5.82. The Balaban J connectivity index is 2.21. The highest BCUT2D eigenvalue weighted by molar-refractivity contribution is 7.22. The maximum Gasteiger partial charge on any atom is 0.184 e. The van der Waals surface area contributed by atoms with E-state index in [1.807, 2.05) is 18.2 Å². The summed E-state index contributed by atoms with van der Waals surface area (Å²) in [7, 11) is 0. The van der Waals surface area contributed by atoms with Gasteiger partial charge in [-0.2, -0.15) is 0 Å². The number of benzene rings is 1. The molecular weight excluding hydrogens is 276 g/mol. The molecule has 0 aliphatic rings. The molecule has 0 radical (unpaired) electrons. The van der Waals surface area contributed by atoms with Crippen molar-refractivity contribution in [3.63, 3.8) is 0 Å². The zero-order chi connectivity index (χ0) is 14.3. The minimum Gasteiger partial charge on any atom is -0.357 e. The van der Waals surface area contributed by atoms with Crippen LogP contribution in [0.1, 0.15) is 41.0 Å². The zero-order valence-corrected chi connectivity index (χ0v) is 13.7. The largest absolute Gasteiger partial charge is 0.357 e. The van der Waals surface area contributed by atoms with E-state index in [-0.39, 0.29) is 11.0 Å². The van der Waals surface area contributed by atoms with Crippen molar-refractivity contribution >= 4 is 38.3 Å². The third-order valence-electron chi connectivity index (χ3n) is 2.77. The van der Waals surface area contributed by atoms with Crippen molar-refractivity contribution in [2.24, 2.45) is 5.41 Å². The molecule has 1 aromatic heterocycles. The van der Waals surface area contributed by atoms with Crippen LogP contribution in [-0.2, 0) is 0 Å². The molecule has 0 saturated heterocycles. The third kappa shape index (κ3) is 4.08. The van der Waals surface area contributed by atoms with E-state index >= 15 is 0 Å². The summed E-state index contributed by atoms with van der Waals surface area (Å²) in [4.78, 5) is 4.62. The molecule has 1 N–H and O–H groups in total. The summed E-state index contributed by atoms with van der Waals surface area (Å²) >= 11 is 7.66. The number of nitrogens with zero attached hydrogens (tertiary/aromatic N) is 1. The maximum absolute atomic E-state index is 6.01. The van der Waals surface area contributed by atoms with Crippen molar-refractivity contribution in [1.29, 1.82) is 0 Å². The van der Waals surface area contributed by atoms with E-state index in [9.17, 15) is 0 Å². The van der Waals surface area contributed by atoms with Crippen LogP contribution in [0.3, 0.4) is 0 Å². The Kier molecular flexibility index (Phi) is 3.80. The molecule has 4 heteroatoms. The summed E-state index contributed by atoms with van der Waals surface area (Å²) < 4.78 is 1.13. The maximum atomic E-state index is 6.01. The molecule has 0 aliphatic heterocycles.